The van der Waals surface area contributed by atoms with Crippen molar-refractivity contribution in [2.75, 3.05) is 44.8 Å². The number of unbranched alkanes of at least 4 members (excludes halogenated alkanes) is 1. The summed E-state index contributed by atoms with van der Waals surface area (Å²) in [6.07, 6.45) is 1.55. The Balaban J connectivity index is 1.97. The molecule has 1 N–H and O–H groups in total. The summed E-state index contributed by atoms with van der Waals surface area (Å²) in [6, 6.07) is 3.47. The maximum Gasteiger partial charge on any atom is 0.407 e. The number of rotatable bonds is 10. The van der Waals surface area contributed by atoms with E-state index in [1.165, 1.54) is 4.90 Å². The van der Waals surface area contributed by atoms with Crippen LogP contribution in [0.3, 0.4) is 0 Å². The van der Waals surface area contributed by atoms with Crippen LogP contribution in [-0.2, 0) is 9.53 Å². The van der Waals surface area contributed by atoms with Crippen LogP contribution in [-0.4, -0.2) is 84.9 Å². The number of fused-ring (bicyclic) bond motifs is 1. The molecule has 3 rings (SSSR count). The smallest absolute Gasteiger partial charge is 0.407 e. The maximum atomic E-state index is 14.0. The average Bonchev–Trinajstić information content (AvgIpc) is 2.85. The molecular formula is C28H43N3O6. The van der Waals surface area contributed by atoms with E-state index < -0.39 is 12.2 Å². The Kier molecular flexibility index (Phi) is 9.81. The summed E-state index contributed by atoms with van der Waals surface area (Å²) in [5.41, 5.74) is 1.92. The van der Waals surface area contributed by atoms with Gasteiger partial charge >= 0.3 is 6.09 Å². The third-order valence-electron chi connectivity index (χ3n) is 7.11. The number of anilines is 1. The summed E-state index contributed by atoms with van der Waals surface area (Å²) < 4.78 is 11.3. The molecule has 206 valence electrons. The Labute approximate surface area is 220 Å². The molecule has 2 heterocycles. The van der Waals surface area contributed by atoms with E-state index in [0.29, 0.717) is 49.8 Å². The van der Waals surface area contributed by atoms with Gasteiger partial charge in [0.05, 0.1) is 5.69 Å². The molecule has 3 amide bonds. The number of methoxy groups -OCH3 is 1. The monoisotopic (exact) mass is 517 g/mol. The first kappa shape index (κ1) is 28.8. The molecule has 1 saturated heterocycles. The van der Waals surface area contributed by atoms with Gasteiger partial charge in [0, 0.05) is 51.5 Å². The van der Waals surface area contributed by atoms with Crippen molar-refractivity contribution in [2.24, 2.45) is 11.8 Å². The summed E-state index contributed by atoms with van der Waals surface area (Å²) in [4.78, 5) is 44.0. The highest BCUT2D eigenvalue weighted by Crippen LogP contribution is 2.39. The van der Waals surface area contributed by atoms with E-state index in [1.54, 1.807) is 18.1 Å². The highest BCUT2D eigenvalue weighted by molar-refractivity contribution is 6.03. The predicted octanol–water partition coefficient (Wildman–Crippen LogP) is 4.41. The van der Waals surface area contributed by atoms with Crippen molar-refractivity contribution >= 4 is 23.6 Å². The van der Waals surface area contributed by atoms with Crippen LogP contribution < -0.4 is 9.64 Å². The summed E-state index contributed by atoms with van der Waals surface area (Å²) in [5.74, 6) is 0.614. The lowest BCUT2D eigenvalue weighted by Crippen LogP contribution is -2.52. The van der Waals surface area contributed by atoms with E-state index in [1.807, 2.05) is 31.7 Å². The first-order valence-electron chi connectivity index (χ1n) is 13.5. The second-order valence-electron chi connectivity index (χ2n) is 11.0. The van der Waals surface area contributed by atoms with Gasteiger partial charge in [-0.25, -0.2) is 4.79 Å². The Hall–Kier alpha value is -2.81. The lowest BCUT2D eigenvalue weighted by molar-refractivity contribution is -0.128. The average molecular weight is 518 g/mol. The van der Waals surface area contributed by atoms with Crippen LogP contribution in [0.25, 0.3) is 0 Å². The van der Waals surface area contributed by atoms with Gasteiger partial charge in [-0.15, -0.1) is 0 Å². The van der Waals surface area contributed by atoms with Crippen LogP contribution in [0.15, 0.2) is 12.1 Å². The highest BCUT2D eigenvalue weighted by Gasteiger charge is 2.38. The molecule has 0 saturated carbocycles. The molecule has 0 aliphatic carbocycles. The van der Waals surface area contributed by atoms with Crippen LogP contribution in [0, 0.1) is 18.8 Å². The van der Waals surface area contributed by atoms with Crippen molar-refractivity contribution in [3.05, 3.63) is 23.3 Å². The van der Waals surface area contributed by atoms with Crippen molar-refractivity contribution in [1.82, 2.24) is 9.80 Å². The molecule has 9 nitrogen and oxygen atoms in total. The summed E-state index contributed by atoms with van der Waals surface area (Å²) in [7, 11) is 1.66. The van der Waals surface area contributed by atoms with Gasteiger partial charge in [0.15, 0.2) is 6.10 Å². The van der Waals surface area contributed by atoms with E-state index in [0.717, 1.165) is 31.2 Å². The molecule has 0 aromatic heterocycles. The fraction of sp³-hybridized carbons (Fsp3) is 0.679. The molecule has 0 radical (unpaired) electrons. The van der Waals surface area contributed by atoms with E-state index in [9.17, 15) is 19.5 Å². The first-order chi connectivity index (χ1) is 17.5. The third-order valence-corrected chi connectivity index (χ3v) is 7.11. The number of carbonyl (C=O) groups excluding carboxylic acids is 2. The van der Waals surface area contributed by atoms with Gasteiger partial charge in [-0.1, -0.05) is 27.7 Å². The van der Waals surface area contributed by atoms with Gasteiger partial charge in [-0.3, -0.25) is 9.59 Å². The van der Waals surface area contributed by atoms with E-state index in [4.69, 9.17) is 9.47 Å². The Morgan fingerprint density at radius 1 is 1.22 bits per heavy atom. The molecule has 0 bridgehead atoms. The number of benzene rings is 1. The summed E-state index contributed by atoms with van der Waals surface area (Å²) >= 11 is 0. The second kappa shape index (κ2) is 12.6. The number of carbonyl (C=O) groups is 3. The van der Waals surface area contributed by atoms with Crippen molar-refractivity contribution in [1.29, 1.82) is 0 Å². The number of amides is 3. The SMILES string of the molecule is COCCCCN1C(=O)[C@@H](C(C)C)Oc2cc(C)c(C(=O)N(CC(C)C)[C@@H]3CCCN(C(=O)O)C3)cc21. The Bertz CT molecular complexity index is 979. The lowest BCUT2D eigenvalue weighted by Gasteiger charge is -2.40. The number of likely N-dealkylation sites (tertiary alicyclic amines) is 1. The minimum absolute atomic E-state index is 0.00811. The second-order valence-corrected chi connectivity index (χ2v) is 11.0. The number of piperidine rings is 1. The molecule has 2 atom stereocenters. The van der Waals surface area contributed by atoms with Crippen molar-refractivity contribution in [3.63, 3.8) is 0 Å². The number of aryl methyl sites for hydroxylation is 1. The maximum absolute atomic E-state index is 14.0. The lowest BCUT2D eigenvalue weighted by atomic mass is 9.97. The van der Waals surface area contributed by atoms with Gasteiger partial charge in [-0.2, -0.15) is 0 Å². The summed E-state index contributed by atoms with van der Waals surface area (Å²) in [6.45, 7) is 12.4. The van der Waals surface area contributed by atoms with Gasteiger partial charge in [0.25, 0.3) is 11.8 Å². The molecule has 9 heteroatoms. The predicted molar refractivity (Wildman–Crippen MR) is 142 cm³/mol. The third kappa shape index (κ3) is 6.74. The Morgan fingerprint density at radius 2 is 1.95 bits per heavy atom. The molecule has 2 aliphatic rings. The zero-order valence-electron chi connectivity index (χ0n) is 23.2. The van der Waals surface area contributed by atoms with Crippen LogP contribution in [0.5, 0.6) is 5.75 Å². The van der Waals surface area contributed by atoms with E-state index in [-0.39, 0.29) is 29.7 Å². The molecule has 1 aromatic rings. The van der Waals surface area contributed by atoms with Crippen LogP contribution in [0.4, 0.5) is 10.5 Å². The van der Waals surface area contributed by atoms with Crippen LogP contribution in [0.2, 0.25) is 0 Å². The molecule has 1 fully saturated rings. The number of nitrogens with zero attached hydrogens (tertiary/aromatic N) is 3. The fourth-order valence-corrected chi connectivity index (χ4v) is 5.16. The van der Waals surface area contributed by atoms with Crippen molar-refractivity contribution in [2.45, 2.75) is 72.4 Å². The first-order valence-corrected chi connectivity index (χ1v) is 13.5. The number of ether oxygens (including phenoxy) is 2. The number of hydrogen-bond acceptors (Lipinski definition) is 5. The number of carboxylic acid groups (broad SMARTS) is 1. The molecule has 2 aliphatic heterocycles. The zero-order chi connectivity index (χ0) is 27.3. The Morgan fingerprint density at radius 3 is 2.57 bits per heavy atom. The summed E-state index contributed by atoms with van der Waals surface area (Å²) in [5, 5.41) is 9.53. The molecule has 0 unspecified atom stereocenters. The highest BCUT2D eigenvalue weighted by atomic mass is 16.5. The van der Waals surface area contributed by atoms with Crippen molar-refractivity contribution < 1.29 is 29.0 Å². The largest absolute Gasteiger partial charge is 0.478 e. The van der Waals surface area contributed by atoms with E-state index in [2.05, 4.69) is 13.8 Å². The van der Waals surface area contributed by atoms with E-state index >= 15 is 0 Å². The standard InChI is InChI=1S/C28H43N3O6/c1-18(2)16-31(21-10-9-11-29(17-21)28(34)35)26(32)22-15-23-24(14-20(22)5)37-25(19(3)4)27(33)30(23)12-7-8-13-36-6/h14-15,18-19,21,25H,7-13,16-17H2,1-6H3,(H,34,35)/t21-,25-/m1/s1. The fourth-order valence-electron chi connectivity index (χ4n) is 5.16. The van der Waals surface area contributed by atoms with Crippen LogP contribution in [0.1, 0.15) is 69.3 Å². The van der Waals surface area contributed by atoms with Crippen LogP contribution >= 0.6 is 0 Å². The van der Waals surface area contributed by atoms with Gasteiger partial charge in [0.1, 0.15) is 5.75 Å². The topological polar surface area (TPSA) is 99.6 Å². The van der Waals surface area contributed by atoms with Gasteiger partial charge < -0.3 is 29.3 Å². The quantitative estimate of drug-likeness (QED) is 0.462. The van der Waals surface area contributed by atoms with Gasteiger partial charge in [0.2, 0.25) is 0 Å². The molecule has 1 aromatic carbocycles. The molecular weight excluding hydrogens is 474 g/mol. The normalized spacial score (nSPS) is 19.7. The minimum Gasteiger partial charge on any atom is -0.478 e. The molecule has 0 spiro atoms. The van der Waals surface area contributed by atoms with Gasteiger partial charge in [-0.05, 0) is 62.1 Å². The number of hydrogen-bond donors (Lipinski definition) is 1. The minimum atomic E-state index is -0.953. The molecule has 37 heavy (non-hydrogen) atoms. The van der Waals surface area contributed by atoms with Crippen molar-refractivity contribution in [3.8, 4) is 5.75 Å². The zero-order valence-corrected chi connectivity index (χ0v) is 23.2.